The van der Waals surface area contributed by atoms with Crippen LogP contribution in [0.2, 0.25) is 0 Å². The van der Waals surface area contributed by atoms with Crippen molar-refractivity contribution < 1.29 is 32.7 Å². The molecule has 1 aromatic carbocycles. The van der Waals surface area contributed by atoms with Crippen LogP contribution in [0.5, 0.6) is 0 Å². The Morgan fingerprint density at radius 3 is 2.48 bits per heavy atom. The van der Waals surface area contributed by atoms with E-state index in [4.69, 9.17) is 5.11 Å². The van der Waals surface area contributed by atoms with Crippen molar-refractivity contribution in [3.8, 4) is 0 Å². The topological polar surface area (TPSA) is 74.7 Å². The van der Waals surface area contributed by atoms with Crippen LogP contribution in [0.15, 0.2) is 24.3 Å². The molecule has 0 aliphatic carbocycles. The molecule has 0 aromatic heterocycles. The van der Waals surface area contributed by atoms with E-state index >= 15 is 0 Å². The van der Waals surface area contributed by atoms with Crippen LogP contribution in [0.3, 0.4) is 0 Å². The predicted molar refractivity (Wildman–Crippen MR) is 72.4 cm³/mol. The Bertz CT molecular complexity index is 671. The van der Waals surface area contributed by atoms with Crippen molar-refractivity contribution in [2.24, 2.45) is 0 Å². The summed E-state index contributed by atoms with van der Waals surface area (Å²) in [5.74, 6) is -2.72. The second-order valence-corrected chi connectivity index (χ2v) is 5.35. The zero-order valence-electron chi connectivity index (χ0n) is 12.2. The van der Waals surface area contributed by atoms with Gasteiger partial charge in [-0.15, -0.1) is 0 Å². The minimum Gasteiger partial charge on any atom is -0.481 e. The van der Waals surface area contributed by atoms with E-state index in [0.29, 0.717) is 0 Å². The number of rotatable bonds is 4. The first-order valence-corrected chi connectivity index (χ1v) is 6.86. The molecule has 1 N–H and O–H groups in total. The van der Waals surface area contributed by atoms with E-state index in [9.17, 15) is 27.6 Å². The molecule has 124 valence electrons. The summed E-state index contributed by atoms with van der Waals surface area (Å²) in [7, 11) is 0. The molecule has 23 heavy (non-hydrogen) atoms. The van der Waals surface area contributed by atoms with E-state index in [0.717, 1.165) is 23.1 Å². The van der Waals surface area contributed by atoms with Crippen LogP contribution in [-0.2, 0) is 26.0 Å². The Morgan fingerprint density at radius 1 is 1.35 bits per heavy atom. The van der Waals surface area contributed by atoms with Crippen molar-refractivity contribution >= 4 is 17.8 Å². The van der Waals surface area contributed by atoms with Gasteiger partial charge in [0.2, 0.25) is 11.8 Å². The molecule has 0 spiro atoms. The summed E-state index contributed by atoms with van der Waals surface area (Å²) in [6.45, 7) is 1.58. The maximum absolute atomic E-state index is 12.9. The number of carbonyl (C=O) groups is 3. The highest BCUT2D eigenvalue weighted by atomic mass is 19.4. The number of amides is 2. The van der Waals surface area contributed by atoms with E-state index < -0.39 is 47.8 Å². The first kappa shape index (κ1) is 17.0. The summed E-state index contributed by atoms with van der Waals surface area (Å²) in [5.41, 5.74) is -2.89. The Morgan fingerprint density at radius 2 is 2.00 bits per heavy atom. The van der Waals surface area contributed by atoms with E-state index in [1.807, 2.05) is 0 Å². The van der Waals surface area contributed by atoms with Gasteiger partial charge in [-0.3, -0.25) is 19.3 Å². The molecule has 1 heterocycles. The van der Waals surface area contributed by atoms with Crippen LogP contribution in [0.1, 0.15) is 30.9 Å². The lowest BCUT2D eigenvalue weighted by molar-refractivity contribution is -0.145. The minimum absolute atomic E-state index is 0.0397. The standard InChI is InChI=1S/C15H14F3NO4/c1-2-19-11(20)7-14(13(19)23,8-12(21)22)9-4-3-5-10(6-9)15(16,17)18/h3-6H,2,7-8H2,1H3,(H,21,22)/t14-/m1/s1. The smallest absolute Gasteiger partial charge is 0.416 e. The fraction of sp³-hybridized carbons (Fsp3) is 0.400. The SMILES string of the molecule is CCN1C(=O)C[C@@](CC(=O)O)(c2cccc(C(F)(F)F)c2)C1=O. The van der Waals surface area contributed by atoms with Gasteiger partial charge in [-0.05, 0) is 18.6 Å². The maximum atomic E-state index is 12.9. The molecular formula is C15H14F3NO4. The number of hydrogen-bond donors (Lipinski definition) is 1. The van der Waals surface area contributed by atoms with Gasteiger partial charge in [-0.25, -0.2) is 0 Å². The molecule has 1 aromatic rings. The third-order valence-electron chi connectivity index (χ3n) is 3.92. The molecule has 5 nitrogen and oxygen atoms in total. The van der Waals surface area contributed by atoms with Crippen LogP contribution >= 0.6 is 0 Å². The van der Waals surface area contributed by atoms with Gasteiger partial charge in [0.1, 0.15) is 0 Å². The van der Waals surface area contributed by atoms with Crippen molar-refractivity contribution in [1.29, 1.82) is 0 Å². The number of alkyl halides is 3. The Balaban J connectivity index is 2.59. The van der Waals surface area contributed by atoms with Crippen molar-refractivity contribution in [3.05, 3.63) is 35.4 Å². The summed E-state index contributed by atoms with van der Waals surface area (Å²) < 4.78 is 38.6. The predicted octanol–water partition coefficient (Wildman–Crippen LogP) is 2.20. The fourth-order valence-corrected chi connectivity index (χ4v) is 2.84. The van der Waals surface area contributed by atoms with E-state index in [-0.39, 0.29) is 12.1 Å². The van der Waals surface area contributed by atoms with Gasteiger partial charge in [0.15, 0.2) is 0 Å². The summed E-state index contributed by atoms with van der Waals surface area (Å²) in [6.07, 6.45) is -5.82. The molecule has 1 aliphatic rings. The number of nitrogens with zero attached hydrogens (tertiary/aromatic N) is 1. The lowest BCUT2D eigenvalue weighted by Gasteiger charge is -2.26. The number of hydrogen-bond acceptors (Lipinski definition) is 3. The lowest BCUT2D eigenvalue weighted by atomic mass is 9.75. The average Bonchev–Trinajstić information content (AvgIpc) is 2.69. The van der Waals surface area contributed by atoms with Crippen LogP contribution < -0.4 is 0 Å². The van der Waals surface area contributed by atoms with Gasteiger partial charge < -0.3 is 5.11 Å². The highest BCUT2D eigenvalue weighted by Gasteiger charge is 2.53. The van der Waals surface area contributed by atoms with Crippen LogP contribution in [-0.4, -0.2) is 34.3 Å². The maximum Gasteiger partial charge on any atom is 0.416 e. The van der Waals surface area contributed by atoms with Gasteiger partial charge in [0.25, 0.3) is 0 Å². The normalized spacial score (nSPS) is 21.8. The van der Waals surface area contributed by atoms with E-state index in [1.54, 1.807) is 6.92 Å². The van der Waals surface area contributed by atoms with Gasteiger partial charge in [-0.1, -0.05) is 18.2 Å². The Kier molecular flexibility index (Phi) is 4.19. The van der Waals surface area contributed by atoms with Crippen molar-refractivity contribution in [2.45, 2.75) is 31.4 Å². The fourth-order valence-electron chi connectivity index (χ4n) is 2.84. The van der Waals surface area contributed by atoms with Crippen LogP contribution in [0.4, 0.5) is 13.2 Å². The molecule has 2 rings (SSSR count). The second-order valence-electron chi connectivity index (χ2n) is 5.35. The molecule has 0 radical (unpaired) electrons. The van der Waals surface area contributed by atoms with E-state index in [2.05, 4.69) is 0 Å². The monoisotopic (exact) mass is 329 g/mol. The molecule has 1 atom stereocenters. The number of halogens is 3. The van der Waals surface area contributed by atoms with Crippen molar-refractivity contribution in [3.63, 3.8) is 0 Å². The number of imide groups is 1. The molecule has 2 amide bonds. The number of likely N-dealkylation sites (N-methyl/N-ethyl adjacent to an activating group) is 1. The van der Waals surface area contributed by atoms with Crippen LogP contribution in [0, 0.1) is 0 Å². The summed E-state index contributed by atoms with van der Waals surface area (Å²) in [5, 5.41) is 9.09. The number of carboxylic acid groups (broad SMARTS) is 1. The molecular weight excluding hydrogens is 315 g/mol. The zero-order chi connectivity index (χ0) is 17.4. The summed E-state index contributed by atoms with van der Waals surface area (Å²) >= 11 is 0. The third-order valence-corrected chi connectivity index (χ3v) is 3.92. The largest absolute Gasteiger partial charge is 0.481 e. The Hall–Kier alpha value is -2.38. The van der Waals surface area contributed by atoms with Crippen molar-refractivity contribution in [2.75, 3.05) is 6.54 Å². The van der Waals surface area contributed by atoms with Crippen molar-refractivity contribution in [1.82, 2.24) is 4.90 Å². The molecule has 1 aliphatic heterocycles. The zero-order valence-corrected chi connectivity index (χ0v) is 12.2. The first-order chi connectivity index (χ1) is 10.6. The molecule has 0 saturated carbocycles. The highest BCUT2D eigenvalue weighted by Crippen LogP contribution is 2.41. The van der Waals surface area contributed by atoms with Gasteiger partial charge in [0.05, 0.1) is 17.4 Å². The van der Waals surface area contributed by atoms with Gasteiger partial charge in [-0.2, -0.15) is 13.2 Å². The summed E-state index contributed by atoms with van der Waals surface area (Å²) in [4.78, 5) is 36.5. The first-order valence-electron chi connectivity index (χ1n) is 6.86. The number of aliphatic carboxylic acids is 1. The quantitative estimate of drug-likeness (QED) is 0.860. The summed E-state index contributed by atoms with van der Waals surface area (Å²) in [6, 6.07) is 3.93. The van der Waals surface area contributed by atoms with Gasteiger partial charge >= 0.3 is 12.1 Å². The number of carbonyl (C=O) groups excluding carboxylic acids is 2. The number of benzene rings is 1. The molecule has 8 heteroatoms. The van der Waals surface area contributed by atoms with Gasteiger partial charge in [0, 0.05) is 13.0 Å². The van der Waals surface area contributed by atoms with Crippen LogP contribution in [0.25, 0.3) is 0 Å². The number of carboxylic acids is 1. The number of likely N-dealkylation sites (tertiary alicyclic amines) is 1. The molecule has 0 unspecified atom stereocenters. The molecule has 1 saturated heterocycles. The minimum atomic E-state index is -4.63. The second kappa shape index (κ2) is 5.68. The van der Waals surface area contributed by atoms with E-state index in [1.165, 1.54) is 6.07 Å². The highest BCUT2D eigenvalue weighted by molar-refractivity contribution is 6.10. The average molecular weight is 329 g/mol. The molecule has 0 bridgehead atoms. The Labute approximate surface area is 129 Å². The lowest BCUT2D eigenvalue weighted by Crippen LogP contribution is -2.40. The third kappa shape index (κ3) is 2.93. The molecule has 1 fully saturated rings.